The maximum absolute atomic E-state index is 12.4. The molecule has 1 rings (SSSR count). The molecule has 3 atom stereocenters. The largest absolute Gasteiger partial charge is 0.349 e. The quantitative estimate of drug-likeness (QED) is 0.735. The molecule has 116 valence electrons. The first-order chi connectivity index (χ1) is 9.31. The fourth-order valence-electron chi connectivity index (χ4n) is 2.97. The van der Waals surface area contributed by atoms with Crippen molar-refractivity contribution in [3.8, 4) is 0 Å². The van der Waals surface area contributed by atoms with Crippen LogP contribution in [0.15, 0.2) is 0 Å². The third-order valence-electron chi connectivity index (χ3n) is 3.85. The summed E-state index contributed by atoms with van der Waals surface area (Å²) in [4.78, 5) is 27.0. The van der Waals surface area contributed by atoms with Gasteiger partial charge in [0.25, 0.3) is 11.8 Å². The van der Waals surface area contributed by atoms with Crippen LogP contribution in [-0.2, 0) is 9.59 Å². The molecule has 0 spiro atoms. The lowest BCUT2D eigenvalue weighted by atomic mass is 9.97. The molecule has 1 aliphatic rings. The van der Waals surface area contributed by atoms with E-state index in [0.29, 0.717) is 25.2 Å². The number of hydrogen-bond donors (Lipinski definition) is 2. The molecule has 1 fully saturated rings. The standard InChI is InChI=1S/C15H29N3O2/c1-11(2)16-14(19)9-17(5)10-15(20)18-12(3)7-6-8-13(18)4/h11-13H,6-10H2,1-5H3,(H,16,19)/p+1/t12-,13-/m0/s1. The van der Waals surface area contributed by atoms with Crippen molar-refractivity contribution < 1.29 is 14.5 Å². The maximum Gasteiger partial charge on any atom is 0.278 e. The summed E-state index contributed by atoms with van der Waals surface area (Å²) in [5, 5.41) is 2.86. The Labute approximate surface area is 122 Å². The number of hydrogen-bond acceptors (Lipinski definition) is 2. The van der Waals surface area contributed by atoms with Crippen molar-refractivity contribution in [1.82, 2.24) is 10.2 Å². The first-order valence-corrected chi connectivity index (χ1v) is 7.73. The van der Waals surface area contributed by atoms with E-state index in [1.54, 1.807) is 0 Å². The zero-order chi connectivity index (χ0) is 15.3. The van der Waals surface area contributed by atoms with Gasteiger partial charge in [0, 0.05) is 18.1 Å². The average molecular weight is 284 g/mol. The number of nitrogens with zero attached hydrogens (tertiary/aromatic N) is 1. The van der Waals surface area contributed by atoms with Crippen molar-refractivity contribution >= 4 is 11.8 Å². The van der Waals surface area contributed by atoms with Crippen molar-refractivity contribution in [2.24, 2.45) is 0 Å². The van der Waals surface area contributed by atoms with Gasteiger partial charge in [-0.25, -0.2) is 0 Å². The maximum atomic E-state index is 12.4. The molecule has 1 heterocycles. The van der Waals surface area contributed by atoms with Crippen LogP contribution in [0.1, 0.15) is 47.0 Å². The number of likely N-dealkylation sites (N-methyl/N-ethyl adjacent to an activating group) is 1. The molecule has 0 aliphatic carbocycles. The van der Waals surface area contributed by atoms with E-state index >= 15 is 0 Å². The van der Waals surface area contributed by atoms with Crippen LogP contribution in [0.5, 0.6) is 0 Å². The molecule has 2 amide bonds. The summed E-state index contributed by atoms with van der Waals surface area (Å²) in [6.07, 6.45) is 3.37. The summed E-state index contributed by atoms with van der Waals surface area (Å²) in [6.45, 7) is 8.86. The van der Waals surface area contributed by atoms with Gasteiger partial charge < -0.3 is 15.1 Å². The van der Waals surface area contributed by atoms with Crippen LogP contribution in [0.4, 0.5) is 0 Å². The molecule has 0 aromatic heterocycles. The predicted octanol–water partition coefficient (Wildman–Crippen LogP) is -0.185. The summed E-state index contributed by atoms with van der Waals surface area (Å²) in [6, 6.07) is 0.792. The first kappa shape index (κ1) is 17.0. The van der Waals surface area contributed by atoms with Gasteiger partial charge >= 0.3 is 0 Å². The van der Waals surface area contributed by atoms with E-state index < -0.39 is 0 Å². The normalized spacial score (nSPS) is 24.6. The van der Waals surface area contributed by atoms with E-state index in [1.165, 1.54) is 6.42 Å². The second-order valence-corrected chi connectivity index (χ2v) is 6.46. The molecule has 0 aromatic carbocycles. The summed E-state index contributed by atoms with van der Waals surface area (Å²) >= 11 is 0. The number of piperidine rings is 1. The van der Waals surface area contributed by atoms with Gasteiger partial charge in [-0.2, -0.15) is 0 Å². The van der Waals surface area contributed by atoms with Crippen LogP contribution >= 0.6 is 0 Å². The number of carbonyl (C=O) groups is 2. The molecule has 0 bridgehead atoms. The second-order valence-electron chi connectivity index (χ2n) is 6.46. The van der Waals surface area contributed by atoms with E-state index in [-0.39, 0.29) is 17.9 Å². The van der Waals surface area contributed by atoms with E-state index in [0.717, 1.165) is 17.7 Å². The Morgan fingerprint density at radius 1 is 1.20 bits per heavy atom. The highest BCUT2D eigenvalue weighted by molar-refractivity contribution is 5.79. The van der Waals surface area contributed by atoms with Crippen molar-refractivity contribution in [3.05, 3.63) is 0 Å². The molecular weight excluding hydrogens is 254 g/mol. The summed E-state index contributed by atoms with van der Waals surface area (Å²) < 4.78 is 0. The van der Waals surface area contributed by atoms with E-state index in [9.17, 15) is 9.59 Å². The van der Waals surface area contributed by atoms with Gasteiger partial charge in [0.2, 0.25) is 0 Å². The number of amides is 2. The molecule has 5 heteroatoms. The molecule has 1 aliphatic heterocycles. The summed E-state index contributed by atoms with van der Waals surface area (Å²) in [7, 11) is 1.90. The molecule has 1 saturated heterocycles. The Hall–Kier alpha value is -1.10. The lowest BCUT2D eigenvalue weighted by Gasteiger charge is -2.39. The molecule has 0 radical (unpaired) electrons. The summed E-state index contributed by atoms with van der Waals surface area (Å²) in [5.74, 6) is 0.171. The topological polar surface area (TPSA) is 53.9 Å². The first-order valence-electron chi connectivity index (χ1n) is 7.73. The minimum absolute atomic E-state index is 0.00467. The van der Waals surface area contributed by atoms with Crippen molar-refractivity contribution in [2.75, 3.05) is 20.1 Å². The van der Waals surface area contributed by atoms with Crippen LogP contribution in [0, 0.1) is 0 Å². The lowest BCUT2D eigenvalue weighted by molar-refractivity contribution is -0.863. The minimum atomic E-state index is 0.00467. The van der Waals surface area contributed by atoms with Gasteiger partial charge in [-0.3, -0.25) is 9.59 Å². The van der Waals surface area contributed by atoms with Crippen molar-refractivity contribution in [1.29, 1.82) is 0 Å². The predicted molar refractivity (Wildman–Crippen MR) is 79.5 cm³/mol. The molecule has 0 aromatic rings. The minimum Gasteiger partial charge on any atom is -0.349 e. The number of quaternary nitrogens is 1. The number of likely N-dealkylation sites (tertiary alicyclic amines) is 1. The highest BCUT2D eigenvalue weighted by Gasteiger charge is 2.30. The Morgan fingerprint density at radius 2 is 1.75 bits per heavy atom. The fourth-order valence-corrected chi connectivity index (χ4v) is 2.97. The van der Waals surface area contributed by atoms with Gasteiger partial charge in [0.15, 0.2) is 13.1 Å². The third kappa shape index (κ3) is 5.12. The smallest absolute Gasteiger partial charge is 0.278 e. The van der Waals surface area contributed by atoms with E-state index in [4.69, 9.17) is 0 Å². The highest BCUT2D eigenvalue weighted by atomic mass is 16.2. The molecule has 2 N–H and O–H groups in total. The Balaban J connectivity index is 2.46. The number of nitrogens with one attached hydrogen (secondary N) is 2. The van der Waals surface area contributed by atoms with E-state index in [2.05, 4.69) is 19.2 Å². The van der Waals surface area contributed by atoms with Crippen LogP contribution < -0.4 is 10.2 Å². The van der Waals surface area contributed by atoms with Crippen LogP contribution in [-0.4, -0.2) is 55.0 Å². The second kappa shape index (κ2) is 7.62. The molecule has 0 saturated carbocycles. The zero-order valence-corrected chi connectivity index (χ0v) is 13.5. The monoisotopic (exact) mass is 284 g/mol. The van der Waals surface area contributed by atoms with Crippen LogP contribution in [0.3, 0.4) is 0 Å². The van der Waals surface area contributed by atoms with Gasteiger partial charge in [-0.15, -0.1) is 0 Å². The summed E-state index contributed by atoms with van der Waals surface area (Å²) in [5.41, 5.74) is 0. The molecule has 20 heavy (non-hydrogen) atoms. The molecule has 5 nitrogen and oxygen atoms in total. The van der Waals surface area contributed by atoms with Crippen LogP contribution in [0.25, 0.3) is 0 Å². The van der Waals surface area contributed by atoms with Crippen molar-refractivity contribution in [3.63, 3.8) is 0 Å². The fraction of sp³-hybridized carbons (Fsp3) is 0.867. The Kier molecular flexibility index (Phi) is 6.46. The Bertz CT molecular complexity index is 334. The van der Waals surface area contributed by atoms with Gasteiger partial charge in [0.05, 0.1) is 7.05 Å². The average Bonchev–Trinajstić information content (AvgIpc) is 2.26. The van der Waals surface area contributed by atoms with E-state index in [1.807, 2.05) is 25.8 Å². The van der Waals surface area contributed by atoms with Gasteiger partial charge in [-0.05, 0) is 47.0 Å². The highest BCUT2D eigenvalue weighted by Crippen LogP contribution is 2.21. The lowest BCUT2D eigenvalue weighted by Crippen LogP contribution is -3.11. The zero-order valence-electron chi connectivity index (χ0n) is 13.5. The third-order valence-corrected chi connectivity index (χ3v) is 3.85. The van der Waals surface area contributed by atoms with Crippen molar-refractivity contribution in [2.45, 2.75) is 65.1 Å². The molecule has 1 unspecified atom stereocenters. The van der Waals surface area contributed by atoms with Gasteiger partial charge in [0.1, 0.15) is 0 Å². The SMILES string of the molecule is CC(C)NC(=O)C[NH+](C)CC(=O)N1[C@@H](C)CCC[C@@H]1C. The van der Waals surface area contributed by atoms with Crippen LogP contribution in [0.2, 0.25) is 0 Å². The van der Waals surface area contributed by atoms with Gasteiger partial charge in [-0.1, -0.05) is 0 Å². The number of carbonyl (C=O) groups excluding carboxylic acids is 2. The molecular formula is C15H30N3O2+. The Morgan fingerprint density at radius 3 is 2.25 bits per heavy atom. The number of rotatable bonds is 5.